The fourth-order valence-electron chi connectivity index (χ4n) is 20.1. The third-order valence-electron chi connectivity index (χ3n) is 24.1. The van der Waals surface area contributed by atoms with Crippen LogP contribution in [0.1, 0.15) is 66.8 Å². The molecule has 18 aromatic rings. The van der Waals surface area contributed by atoms with E-state index in [-0.39, 0.29) is 0 Å². The molecule has 4 aliphatic rings. The average Bonchev–Trinajstić information content (AvgIpc) is 1.50. The first kappa shape index (κ1) is 58.9. The summed E-state index contributed by atoms with van der Waals surface area (Å²) in [5.41, 5.74) is 34.1. The van der Waals surface area contributed by atoms with Gasteiger partial charge in [0.25, 0.3) is 0 Å². The summed E-state index contributed by atoms with van der Waals surface area (Å²) >= 11 is 0. The average molecular weight is 1320 g/mol. The van der Waals surface area contributed by atoms with Crippen molar-refractivity contribution in [2.24, 2.45) is 0 Å². The Labute approximate surface area is 605 Å². The molecule has 2 spiro atoms. The van der Waals surface area contributed by atoms with E-state index >= 15 is 0 Å². The van der Waals surface area contributed by atoms with E-state index in [1.54, 1.807) is 0 Å². The van der Waals surface area contributed by atoms with Crippen molar-refractivity contribution in [1.29, 1.82) is 0 Å². The van der Waals surface area contributed by atoms with Crippen molar-refractivity contribution in [3.05, 3.63) is 406 Å². The van der Waals surface area contributed by atoms with Crippen molar-refractivity contribution < 1.29 is 0 Å². The Bertz CT molecular complexity index is 6720. The molecule has 0 atom stereocenters. The fraction of sp³-hybridized carbons (Fsp3) is 0.0588. The lowest BCUT2D eigenvalue weighted by molar-refractivity contribution is 0.809. The zero-order valence-electron chi connectivity index (χ0n) is 58.2. The van der Waals surface area contributed by atoms with Crippen molar-refractivity contribution in [2.75, 3.05) is 9.80 Å². The molecule has 0 N–H and O–H groups in total. The SMILES string of the molecule is Cc1ccc(N(c2cccc(-c3ccc4c5c(c6ccccc6c4c3)-c3ccc4cc(N(c6ccccc6)c6cc(C)ccc6C)ccc4c3C53c4ccccc4-c4ccccc43)c2)c2ccc3c4c(ccc3c2)-c2c(c3ccccc3c3ccccc23)C42c3ccccc3-c3ccccc32)c(C)c1. The van der Waals surface area contributed by atoms with Crippen molar-refractivity contribution in [3.8, 4) is 55.6 Å². The van der Waals surface area contributed by atoms with Crippen LogP contribution in [-0.4, -0.2) is 0 Å². The fourth-order valence-corrected chi connectivity index (χ4v) is 20.1. The van der Waals surface area contributed by atoms with E-state index in [2.05, 4.69) is 377 Å². The minimum atomic E-state index is -0.638. The van der Waals surface area contributed by atoms with Gasteiger partial charge in [-0.3, -0.25) is 0 Å². The van der Waals surface area contributed by atoms with Crippen molar-refractivity contribution in [1.82, 2.24) is 0 Å². The summed E-state index contributed by atoms with van der Waals surface area (Å²) < 4.78 is 0. The van der Waals surface area contributed by atoms with Crippen molar-refractivity contribution >= 4 is 98.8 Å². The van der Waals surface area contributed by atoms with Gasteiger partial charge in [0.15, 0.2) is 0 Å². The minimum Gasteiger partial charge on any atom is -0.310 e. The number of hydrogen-bond acceptors (Lipinski definition) is 2. The van der Waals surface area contributed by atoms with Gasteiger partial charge in [-0.25, -0.2) is 0 Å². The lowest BCUT2D eigenvalue weighted by Crippen LogP contribution is -2.26. The Morgan fingerprint density at radius 3 is 1.17 bits per heavy atom. The number of para-hydroxylation sites is 1. The number of aryl methyl sites for hydroxylation is 4. The Balaban J connectivity index is 0.732. The molecule has 22 rings (SSSR count). The van der Waals surface area contributed by atoms with Gasteiger partial charge >= 0.3 is 0 Å². The number of nitrogens with zero attached hydrogens (tertiary/aromatic N) is 2. The topological polar surface area (TPSA) is 6.48 Å². The molecule has 0 saturated heterocycles. The first-order valence-corrected chi connectivity index (χ1v) is 36.6. The maximum atomic E-state index is 2.51. The molecule has 4 aliphatic carbocycles. The van der Waals surface area contributed by atoms with Crippen LogP contribution in [-0.2, 0) is 10.8 Å². The van der Waals surface area contributed by atoms with E-state index in [0.29, 0.717) is 0 Å². The second-order valence-electron chi connectivity index (χ2n) is 29.5. The van der Waals surface area contributed by atoms with Gasteiger partial charge in [-0.1, -0.05) is 279 Å². The van der Waals surface area contributed by atoms with Crippen LogP contribution in [0, 0.1) is 27.7 Å². The molecule has 104 heavy (non-hydrogen) atoms. The summed E-state index contributed by atoms with van der Waals surface area (Å²) in [6.45, 7) is 8.89. The van der Waals surface area contributed by atoms with Gasteiger partial charge in [0.05, 0.1) is 10.8 Å². The van der Waals surface area contributed by atoms with Crippen LogP contribution < -0.4 is 9.80 Å². The molecule has 0 aliphatic heterocycles. The first-order chi connectivity index (χ1) is 51.2. The summed E-state index contributed by atoms with van der Waals surface area (Å²) in [4.78, 5) is 4.94. The summed E-state index contributed by atoms with van der Waals surface area (Å²) in [7, 11) is 0. The van der Waals surface area contributed by atoms with Crippen LogP contribution in [0.2, 0.25) is 0 Å². The van der Waals surface area contributed by atoms with Crippen molar-refractivity contribution in [3.63, 3.8) is 0 Å². The zero-order valence-corrected chi connectivity index (χ0v) is 58.2. The molecule has 0 radical (unpaired) electrons. The smallest absolute Gasteiger partial charge is 0.0737 e. The van der Waals surface area contributed by atoms with Gasteiger partial charge in [0.2, 0.25) is 0 Å². The summed E-state index contributed by atoms with van der Waals surface area (Å²) in [6, 6.07) is 130. The summed E-state index contributed by atoms with van der Waals surface area (Å²) in [5, 5.41) is 15.2. The lowest BCUT2D eigenvalue weighted by Gasteiger charge is -2.33. The van der Waals surface area contributed by atoms with E-state index in [0.717, 1.165) is 34.0 Å². The van der Waals surface area contributed by atoms with Crippen LogP contribution in [0.5, 0.6) is 0 Å². The Morgan fingerprint density at radius 2 is 0.625 bits per heavy atom. The monoisotopic (exact) mass is 1320 g/mol. The zero-order chi connectivity index (χ0) is 68.8. The predicted molar refractivity (Wildman–Crippen MR) is 438 cm³/mol. The molecule has 18 aromatic carbocycles. The standard InChI is InChI=1S/C102H68N2/c1-61-42-54-93(64(4)55-61)104(72-48-53-74-68(59-72)46-50-86-95-82-34-11-8-27-75(82)76-28-10-13-36-84(76)99(95)101(97(74)86)89-37-18-14-30-78(89)79-31-15-19-38-90(79)101)70-26-22-23-65(57-70)66-44-49-85-88(60-66)77-29-9-12-35-83(77)96-87-51-45-67-58-71(103(69-24-6-5-7-25-69)94-56-62(2)41-43-63(94)3)47-52-73(67)98(87)102(100(85)96)91-39-20-16-32-80(91)81-33-17-21-40-92(81)102/h5-60H,1-4H3. The molecule has 0 fully saturated rings. The van der Waals surface area contributed by atoms with Crippen LogP contribution in [0.25, 0.3) is 120 Å². The van der Waals surface area contributed by atoms with Gasteiger partial charge in [-0.15, -0.1) is 0 Å². The highest BCUT2D eigenvalue weighted by molar-refractivity contribution is 6.24. The molecule has 0 saturated carbocycles. The van der Waals surface area contributed by atoms with E-state index in [1.807, 2.05) is 0 Å². The highest BCUT2D eigenvalue weighted by Crippen LogP contribution is 2.69. The molecule has 0 aromatic heterocycles. The molecular formula is C102H68N2. The van der Waals surface area contributed by atoms with Gasteiger partial charge < -0.3 is 9.80 Å². The van der Waals surface area contributed by atoms with E-state index in [1.165, 1.54) is 187 Å². The normalized spacial score (nSPS) is 13.5. The molecule has 0 amide bonds. The summed E-state index contributed by atoms with van der Waals surface area (Å²) in [6.07, 6.45) is 0. The number of benzene rings is 18. The molecule has 0 heterocycles. The van der Waals surface area contributed by atoms with Crippen LogP contribution in [0.15, 0.2) is 340 Å². The highest BCUT2D eigenvalue weighted by atomic mass is 15.1. The number of fused-ring (bicyclic) bond motifs is 34. The lowest BCUT2D eigenvalue weighted by atomic mass is 9.68. The van der Waals surface area contributed by atoms with Crippen LogP contribution in [0.3, 0.4) is 0 Å². The van der Waals surface area contributed by atoms with Gasteiger partial charge in [0.1, 0.15) is 0 Å². The number of rotatable bonds is 7. The Morgan fingerprint density at radius 1 is 0.212 bits per heavy atom. The minimum absolute atomic E-state index is 0.571. The molecule has 2 nitrogen and oxygen atoms in total. The van der Waals surface area contributed by atoms with Gasteiger partial charge in [0, 0.05) is 34.1 Å². The van der Waals surface area contributed by atoms with E-state index in [9.17, 15) is 0 Å². The van der Waals surface area contributed by atoms with Gasteiger partial charge in [-0.05, 0) is 276 Å². The molecule has 2 heteroatoms. The molecule has 486 valence electrons. The highest BCUT2D eigenvalue weighted by Gasteiger charge is 2.56. The largest absolute Gasteiger partial charge is 0.310 e. The third-order valence-corrected chi connectivity index (χ3v) is 24.1. The van der Waals surface area contributed by atoms with E-state index < -0.39 is 10.8 Å². The van der Waals surface area contributed by atoms with E-state index in [4.69, 9.17) is 0 Å². The maximum absolute atomic E-state index is 2.51. The van der Waals surface area contributed by atoms with Crippen LogP contribution >= 0.6 is 0 Å². The number of hydrogen-bond donors (Lipinski definition) is 0. The predicted octanol–water partition coefficient (Wildman–Crippen LogP) is 27.1. The first-order valence-electron chi connectivity index (χ1n) is 36.6. The Hall–Kier alpha value is -12.9. The van der Waals surface area contributed by atoms with Gasteiger partial charge in [-0.2, -0.15) is 0 Å². The molecular weight excluding hydrogens is 1250 g/mol. The molecule has 0 bridgehead atoms. The molecule has 0 unspecified atom stereocenters. The maximum Gasteiger partial charge on any atom is 0.0737 e. The number of anilines is 6. The van der Waals surface area contributed by atoms with Crippen molar-refractivity contribution in [2.45, 2.75) is 38.5 Å². The quantitative estimate of drug-likeness (QED) is 0.147. The van der Waals surface area contributed by atoms with Crippen LogP contribution in [0.4, 0.5) is 34.1 Å². The second kappa shape index (κ2) is 21.8. The second-order valence-corrected chi connectivity index (χ2v) is 29.5. The third kappa shape index (κ3) is 7.84. The Kier molecular flexibility index (Phi) is 12.4. The summed E-state index contributed by atoms with van der Waals surface area (Å²) in [5.74, 6) is 0.